The van der Waals surface area contributed by atoms with Crippen LogP contribution in [0.15, 0.2) is 161 Å². The first-order valence-electron chi connectivity index (χ1n) is 18.7. The molecule has 12 nitrogen and oxygen atoms in total. The van der Waals surface area contributed by atoms with Crippen LogP contribution in [0.3, 0.4) is 0 Å². The summed E-state index contributed by atoms with van der Waals surface area (Å²) in [6.07, 6.45) is 5.33. The number of benzene rings is 5. The van der Waals surface area contributed by atoms with Crippen molar-refractivity contribution >= 4 is 53.5 Å². The van der Waals surface area contributed by atoms with Crippen molar-refractivity contribution in [3.05, 3.63) is 174 Å². The van der Waals surface area contributed by atoms with Gasteiger partial charge in [-0.25, -0.2) is 0 Å². The summed E-state index contributed by atoms with van der Waals surface area (Å²) in [5.74, 6) is -0.119. The van der Waals surface area contributed by atoms with Gasteiger partial charge in [-0.2, -0.15) is 16.8 Å². The molecule has 0 radical (unpaired) electrons. The number of carbonyl (C=O) groups is 2. The van der Waals surface area contributed by atoms with Gasteiger partial charge in [0.1, 0.15) is 15.5 Å². The number of likely N-dealkylation sites (N-methyl/N-ethyl adjacent to an activating group) is 1. The van der Waals surface area contributed by atoms with E-state index >= 15 is 0 Å². The molecule has 1 aromatic heterocycles. The minimum absolute atomic E-state index is 0.0233. The molecular formula is C46H44N2O10S2. The van der Waals surface area contributed by atoms with Gasteiger partial charge in [0.2, 0.25) is 5.78 Å². The maximum atomic E-state index is 12.2. The Bertz CT molecular complexity index is 2790. The fraction of sp³-hybridized carbons (Fsp3) is 0.174. The summed E-state index contributed by atoms with van der Waals surface area (Å²) < 4.78 is 75.2. The monoisotopic (exact) mass is 848 g/mol. The lowest BCUT2D eigenvalue weighted by atomic mass is 9.85. The second kappa shape index (κ2) is 18.4. The van der Waals surface area contributed by atoms with E-state index in [1.807, 2.05) is 12.1 Å². The van der Waals surface area contributed by atoms with Crippen molar-refractivity contribution < 1.29 is 45.0 Å². The zero-order valence-corrected chi connectivity index (χ0v) is 34.8. The highest BCUT2D eigenvalue weighted by molar-refractivity contribution is 7.86. The predicted octanol–water partition coefficient (Wildman–Crippen LogP) is 7.58. The summed E-state index contributed by atoms with van der Waals surface area (Å²) >= 11 is 0. The number of methoxy groups -OCH3 is 2. The molecular weight excluding hydrogens is 805 g/mol. The van der Waals surface area contributed by atoms with Crippen LogP contribution in [0.25, 0.3) is 21.7 Å². The molecule has 2 N–H and O–H groups in total. The predicted molar refractivity (Wildman–Crippen MR) is 230 cm³/mol. The number of rotatable bonds is 9. The third-order valence-corrected chi connectivity index (χ3v) is 12.1. The Morgan fingerprint density at radius 2 is 1.30 bits per heavy atom. The van der Waals surface area contributed by atoms with Crippen molar-refractivity contribution in [2.24, 2.45) is 0 Å². The Balaban J connectivity index is 0.000000152. The molecule has 0 saturated carbocycles. The Morgan fingerprint density at radius 1 is 0.717 bits per heavy atom. The maximum absolute atomic E-state index is 12.2. The summed E-state index contributed by atoms with van der Waals surface area (Å²) in [6, 6.07) is 34.4. The van der Waals surface area contributed by atoms with Gasteiger partial charge in [-0.1, -0.05) is 91.0 Å². The molecule has 14 heteroatoms. The molecule has 0 saturated heterocycles. The summed E-state index contributed by atoms with van der Waals surface area (Å²) in [7, 11) is -3.77. The number of hydrogen-bond donors (Lipinski definition) is 2. The van der Waals surface area contributed by atoms with Gasteiger partial charge in [0.15, 0.2) is 11.5 Å². The van der Waals surface area contributed by atoms with Gasteiger partial charge in [-0.05, 0) is 60.1 Å². The Morgan fingerprint density at radius 3 is 1.87 bits per heavy atom. The van der Waals surface area contributed by atoms with Crippen molar-refractivity contribution in [3.8, 4) is 5.75 Å². The van der Waals surface area contributed by atoms with E-state index in [0.717, 1.165) is 49.5 Å². The van der Waals surface area contributed by atoms with Crippen LogP contribution in [-0.2, 0) is 54.1 Å². The van der Waals surface area contributed by atoms with Crippen LogP contribution < -0.4 is 4.74 Å². The average Bonchev–Trinajstić information content (AvgIpc) is 3.54. The quantitative estimate of drug-likeness (QED) is 0.0836. The van der Waals surface area contributed by atoms with Crippen molar-refractivity contribution in [1.29, 1.82) is 0 Å². The molecule has 0 amide bonds. The molecule has 0 bridgehead atoms. The van der Waals surface area contributed by atoms with Gasteiger partial charge in [0, 0.05) is 71.0 Å². The van der Waals surface area contributed by atoms with Gasteiger partial charge in [0.05, 0.1) is 14.2 Å². The van der Waals surface area contributed by atoms with Gasteiger partial charge < -0.3 is 18.9 Å². The minimum Gasteiger partial charge on any atom is -0.497 e. The number of ketones is 2. The first-order valence-corrected chi connectivity index (χ1v) is 21.6. The number of allylic oxidation sites excluding steroid dienone is 4. The molecule has 0 spiro atoms. The van der Waals surface area contributed by atoms with E-state index in [-0.39, 0.29) is 34.0 Å². The van der Waals surface area contributed by atoms with Crippen molar-refractivity contribution in [2.75, 3.05) is 27.8 Å². The molecule has 0 fully saturated rings. The lowest BCUT2D eigenvalue weighted by Gasteiger charge is -2.24. The van der Waals surface area contributed by atoms with Crippen molar-refractivity contribution in [3.63, 3.8) is 0 Å². The molecule has 2 aliphatic rings. The highest BCUT2D eigenvalue weighted by Gasteiger charge is 2.27. The molecule has 5 aromatic carbocycles. The van der Waals surface area contributed by atoms with Gasteiger partial charge in [-0.15, -0.1) is 6.58 Å². The first kappa shape index (κ1) is 43.4. The Kier molecular flexibility index (Phi) is 13.3. The zero-order valence-electron chi connectivity index (χ0n) is 33.2. The van der Waals surface area contributed by atoms with Gasteiger partial charge >= 0.3 is 0 Å². The molecule has 6 aromatic rings. The maximum Gasteiger partial charge on any atom is 0.295 e. The molecule has 8 rings (SSSR count). The molecule has 310 valence electrons. The summed E-state index contributed by atoms with van der Waals surface area (Å²) in [4.78, 5) is 25.6. The summed E-state index contributed by atoms with van der Waals surface area (Å²) in [5.41, 5.74) is 7.06. The average molecular weight is 849 g/mol. The molecule has 1 atom stereocenters. The fourth-order valence-corrected chi connectivity index (χ4v) is 8.81. The summed E-state index contributed by atoms with van der Waals surface area (Å²) in [6.45, 7) is 6.96. The number of fused-ring (bicyclic) bond motifs is 4. The van der Waals surface area contributed by atoms with Crippen LogP contribution in [0.2, 0.25) is 0 Å². The van der Waals surface area contributed by atoms with Gasteiger partial charge in [0.25, 0.3) is 20.2 Å². The summed E-state index contributed by atoms with van der Waals surface area (Å²) in [5, 5.41) is 1.47. The largest absolute Gasteiger partial charge is 0.497 e. The molecule has 1 aliphatic heterocycles. The van der Waals surface area contributed by atoms with Crippen LogP contribution in [0.5, 0.6) is 5.75 Å². The van der Waals surface area contributed by atoms with E-state index in [1.165, 1.54) is 71.3 Å². The third kappa shape index (κ3) is 9.65. The number of ether oxygens (including phenoxy) is 2. The minimum atomic E-state index is -4.47. The fourth-order valence-electron chi connectivity index (χ4n) is 7.40. The molecule has 1 unspecified atom stereocenters. The number of carbonyl (C=O) groups excluding carboxylic acids is 2. The van der Waals surface area contributed by atoms with Gasteiger partial charge in [-0.3, -0.25) is 18.7 Å². The lowest BCUT2D eigenvalue weighted by molar-refractivity contribution is -0.117. The third-order valence-electron chi connectivity index (χ3n) is 10.3. The van der Waals surface area contributed by atoms with Crippen LogP contribution >= 0.6 is 0 Å². The second-order valence-electron chi connectivity index (χ2n) is 14.1. The van der Waals surface area contributed by atoms with E-state index in [0.29, 0.717) is 5.57 Å². The molecule has 1 aliphatic carbocycles. The Hall–Kier alpha value is -6.16. The van der Waals surface area contributed by atoms with Crippen molar-refractivity contribution in [2.45, 2.75) is 35.2 Å². The van der Waals surface area contributed by atoms with Crippen LogP contribution in [0, 0.1) is 0 Å². The van der Waals surface area contributed by atoms with E-state index in [2.05, 4.69) is 77.7 Å². The SMILES string of the molecule is C=CC(C1=CC(=O)C(OC)=CC1=O)c1ccc(OC)cc1.CN1CCc2c(c3ccccc3n2Cc2ccccc2)C1.O=S(=O)(O)c1cccc2c(S(=O)(=O)O)cccc12. The lowest BCUT2D eigenvalue weighted by Crippen LogP contribution is -2.27. The number of aromatic nitrogens is 1. The zero-order chi connectivity index (χ0) is 43.2. The standard InChI is InChI=1S/C19H20N2.C17H16O4.C10H8O6S2/c1-20-12-11-19-17(14-20)16-9-5-6-10-18(16)21(19)13-15-7-3-2-4-8-15;1-4-13(11-5-7-12(20-2)8-6-11)14-9-16(19)17(21-3)10-15(14)18;11-17(12,13)9-5-1-3-7-8(9)4-2-6-10(7)18(14,15)16/h2-10H,11-14H2,1H3;4-10,13H,1H2,2-3H3;1-6H,(H,11,12,13)(H,14,15,16). The van der Waals surface area contributed by atoms with Crippen LogP contribution in [0.1, 0.15) is 28.3 Å². The highest BCUT2D eigenvalue weighted by Crippen LogP contribution is 2.33. The molecule has 2 heterocycles. The Labute approximate surface area is 349 Å². The number of hydrogen-bond acceptors (Lipinski definition) is 9. The topological polar surface area (TPSA) is 170 Å². The van der Waals surface area contributed by atoms with Crippen molar-refractivity contribution in [1.82, 2.24) is 9.47 Å². The normalized spacial score (nSPS) is 14.8. The number of para-hydroxylation sites is 1. The highest BCUT2D eigenvalue weighted by atomic mass is 32.2. The van der Waals surface area contributed by atoms with E-state index < -0.39 is 30.0 Å². The van der Waals surface area contributed by atoms with E-state index in [1.54, 1.807) is 25.3 Å². The van der Waals surface area contributed by atoms with E-state index in [9.17, 15) is 26.4 Å². The smallest absolute Gasteiger partial charge is 0.295 e. The molecule has 60 heavy (non-hydrogen) atoms. The van der Waals surface area contributed by atoms with E-state index in [4.69, 9.17) is 18.6 Å². The van der Waals surface area contributed by atoms with Crippen LogP contribution in [-0.4, -0.2) is 74.8 Å². The first-order chi connectivity index (χ1) is 28.6. The second-order valence-corrected chi connectivity index (χ2v) is 16.9. The van der Waals surface area contributed by atoms with Crippen LogP contribution in [0.4, 0.5) is 0 Å². The number of nitrogens with zero attached hydrogens (tertiary/aromatic N) is 2.